The molecule has 0 aliphatic carbocycles. The first-order valence-corrected chi connectivity index (χ1v) is 11.0. The Balaban J connectivity index is 1.68. The fourth-order valence-electron chi connectivity index (χ4n) is 4.32. The molecule has 2 aromatic carbocycles. The summed E-state index contributed by atoms with van der Waals surface area (Å²) >= 11 is 3.54. The summed E-state index contributed by atoms with van der Waals surface area (Å²) in [6, 6.07) is 14.7. The SMILES string of the molecule is COc1ccc([C@H]2Oc3ccc(Br)cc3[C@@H]3CC(c4ccccn4)=NN23)c(C(=O)O)c1OC. The molecule has 1 aromatic heterocycles. The average Bonchev–Trinajstić information content (AvgIpc) is 3.29. The number of halogens is 1. The molecule has 5 rings (SSSR count). The zero-order valence-electron chi connectivity index (χ0n) is 17.9. The molecule has 3 heterocycles. The number of fused-ring (bicyclic) bond motifs is 3. The molecular weight excluding hydrogens is 490 g/mol. The third kappa shape index (κ3) is 3.58. The molecule has 0 unspecified atom stereocenters. The number of nitrogens with zero attached hydrogens (tertiary/aromatic N) is 3. The normalized spacial score (nSPS) is 18.6. The molecule has 0 amide bonds. The van der Waals surface area contributed by atoms with Crippen LogP contribution in [0.2, 0.25) is 0 Å². The minimum Gasteiger partial charge on any atom is -0.493 e. The van der Waals surface area contributed by atoms with E-state index < -0.39 is 12.2 Å². The van der Waals surface area contributed by atoms with E-state index in [-0.39, 0.29) is 17.4 Å². The van der Waals surface area contributed by atoms with Crippen LogP contribution in [0.1, 0.15) is 45.9 Å². The van der Waals surface area contributed by atoms with Crippen LogP contribution in [-0.4, -0.2) is 41.0 Å². The number of carbonyl (C=O) groups is 1. The summed E-state index contributed by atoms with van der Waals surface area (Å²) in [5.74, 6) is -0.00418. The van der Waals surface area contributed by atoms with Crippen LogP contribution in [0.3, 0.4) is 0 Å². The molecule has 0 fully saturated rings. The molecule has 2 aliphatic heterocycles. The molecule has 3 aromatic rings. The molecule has 168 valence electrons. The van der Waals surface area contributed by atoms with Crippen molar-refractivity contribution in [3.8, 4) is 17.2 Å². The number of ether oxygens (including phenoxy) is 3. The third-order valence-electron chi connectivity index (χ3n) is 5.77. The van der Waals surface area contributed by atoms with Gasteiger partial charge in [-0.3, -0.25) is 4.98 Å². The minimum atomic E-state index is -1.14. The Hall–Kier alpha value is -3.59. The summed E-state index contributed by atoms with van der Waals surface area (Å²) < 4.78 is 18.0. The van der Waals surface area contributed by atoms with E-state index in [2.05, 4.69) is 20.9 Å². The van der Waals surface area contributed by atoms with Gasteiger partial charge in [-0.25, -0.2) is 9.80 Å². The van der Waals surface area contributed by atoms with Gasteiger partial charge in [-0.2, -0.15) is 5.10 Å². The Morgan fingerprint density at radius 1 is 1.15 bits per heavy atom. The third-order valence-corrected chi connectivity index (χ3v) is 6.26. The number of aromatic nitrogens is 1. The predicted octanol–water partition coefficient (Wildman–Crippen LogP) is 4.80. The van der Waals surface area contributed by atoms with Crippen molar-refractivity contribution in [2.24, 2.45) is 5.10 Å². The maximum absolute atomic E-state index is 12.3. The van der Waals surface area contributed by atoms with E-state index in [1.165, 1.54) is 14.2 Å². The van der Waals surface area contributed by atoms with Gasteiger partial charge in [0.05, 0.1) is 31.7 Å². The van der Waals surface area contributed by atoms with Gasteiger partial charge in [0.15, 0.2) is 11.5 Å². The van der Waals surface area contributed by atoms with E-state index in [9.17, 15) is 9.90 Å². The van der Waals surface area contributed by atoms with Crippen LogP contribution in [-0.2, 0) is 0 Å². The second-order valence-corrected chi connectivity index (χ2v) is 8.50. The number of hydrogen-bond donors (Lipinski definition) is 1. The largest absolute Gasteiger partial charge is 0.493 e. The fraction of sp³-hybridized carbons (Fsp3) is 0.208. The molecule has 0 saturated heterocycles. The molecule has 0 saturated carbocycles. The highest BCUT2D eigenvalue weighted by Gasteiger charge is 2.43. The van der Waals surface area contributed by atoms with Gasteiger partial charge in [-0.05, 0) is 42.5 Å². The van der Waals surface area contributed by atoms with Gasteiger partial charge in [-0.15, -0.1) is 0 Å². The van der Waals surface area contributed by atoms with Crippen LogP contribution in [0.15, 0.2) is 64.3 Å². The van der Waals surface area contributed by atoms with Crippen LogP contribution in [0.5, 0.6) is 17.2 Å². The number of hydrogen-bond acceptors (Lipinski definition) is 7. The van der Waals surface area contributed by atoms with Crippen LogP contribution in [0, 0.1) is 0 Å². The van der Waals surface area contributed by atoms with E-state index in [0.29, 0.717) is 23.5 Å². The Kier molecular flexibility index (Phi) is 5.41. The Bertz CT molecular complexity index is 1260. The average molecular weight is 510 g/mol. The summed E-state index contributed by atoms with van der Waals surface area (Å²) in [6.45, 7) is 0. The number of carboxylic acid groups (broad SMARTS) is 1. The molecule has 1 N–H and O–H groups in total. The van der Waals surface area contributed by atoms with Gasteiger partial charge in [-0.1, -0.05) is 22.0 Å². The van der Waals surface area contributed by atoms with Gasteiger partial charge in [0, 0.05) is 28.2 Å². The number of benzene rings is 2. The molecule has 2 aliphatic rings. The highest BCUT2D eigenvalue weighted by molar-refractivity contribution is 9.10. The number of rotatable bonds is 5. The maximum Gasteiger partial charge on any atom is 0.340 e. The Morgan fingerprint density at radius 3 is 2.70 bits per heavy atom. The number of hydrazone groups is 1. The Morgan fingerprint density at radius 2 is 2.00 bits per heavy atom. The first-order chi connectivity index (χ1) is 16.0. The van der Waals surface area contributed by atoms with E-state index in [1.54, 1.807) is 18.3 Å². The summed E-state index contributed by atoms with van der Waals surface area (Å²) in [4.78, 5) is 16.8. The van der Waals surface area contributed by atoms with Gasteiger partial charge in [0.2, 0.25) is 6.23 Å². The van der Waals surface area contributed by atoms with Gasteiger partial charge in [0.1, 0.15) is 11.3 Å². The molecule has 2 atom stereocenters. The van der Waals surface area contributed by atoms with Crippen LogP contribution >= 0.6 is 15.9 Å². The lowest BCUT2D eigenvalue weighted by Crippen LogP contribution is -2.34. The summed E-state index contributed by atoms with van der Waals surface area (Å²) in [5.41, 5.74) is 2.94. The van der Waals surface area contributed by atoms with Crippen molar-refractivity contribution in [3.63, 3.8) is 0 Å². The van der Waals surface area contributed by atoms with Crippen molar-refractivity contribution >= 4 is 27.6 Å². The van der Waals surface area contributed by atoms with Gasteiger partial charge in [0.25, 0.3) is 0 Å². The number of carboxylic acids is 1. The molecule has 0 spiro atoms. The summed E-state index contributed by atoms with van der Waals surface area (Å²) in [7, 11) is 2.88. The molecular formula is C24H20BrN3O5. The highest BCUT2D eigenvalue weighted by Crippen LogP contribution is 2.50. The predicted molar refractivity (Wildman–Crippen MR) is 124 cm³/mol. The molecule has 33 heavy (non-hydrogen) atoms. The number of methoxy groups -OCH3 is 2. The number of aromatic carboxylic acids is 1. The van der Waals surface area contributed by atoms with E-state index in [4.69, 9.17) is 19.3 Å². The van der Waals surface area contributed by atoms with E-state index >= 15 is 0 Å². The maximum atomic E-state index is 12.3. The highest BCUT2D eigenvalue weighted by atomic mass is 79.9. The van der Waals surface area contributed by atoms with Crippen LogP contribution < -0.4 is 14.2 Å². The first kappa shape index (κ1) is 21.3. The van der Waals surface area contributed by atoms with Crippen molar-refractivity contribution in [3.05, 3.63) is 81.6 Å². The summed E-state index contributed by atoms with van der Waals surface area (Å²) in [5, 5.41) is 16.7. The van der Waals surface area contributed by atoms with Crippen LogP contribution in [0.25, 0.3) is 0 Å². The van der Waals surface area contributed by atoms with Crippen molar-refractivity contribution in [1.29, 1.82) is 0 Å². The molecule has 9 heteroatoms. The molecule has 8 nitrogen and oxygen atoms in total. The van der Waals surface area contributed by atoms with Crippen molar-refractivity contribution < 1.29 is 24.1 Å². The van der Waals surface area contributed by atoms with Crippen LogP contribution in [0.4, 0.5) is 0 Å². The lowest BCUT2D eigenvalue weighted by Gasteiger charge is -2.38. The second-order valence-electron chi connectivity index (χ2n) is 7.58. The fourth-order valence-corrected chi connectivity index (χ4v) is 4.70. The number of pyridine rings is 1. The lowest BCUT2D eigenvalue weighted by molar-refractivity contribution is -0.0199. The first-order valence-electron chi connectivity index (χ1n) is 10.2. The smallest absolute Gasteiger partial charge is 0.340 e. The standard InChI is InChI=1S/C24H20BrN3O5/c1-31-20-9-7-14(21(24(29)30)22(20)32-2)23-28-18(15-11-13(25)6-8-19(15)33-23)12-17(27-28)16-5-3-4-10-26-16/h3-11,18,23H,12H2,1-2H3,(H,29,30)/t18-,23+/m0/s1. The van der Waals surface area contributed by atoms with Gasteiger partial charge < -0.3 is 19.3 Å². The van der Waals surface area contributed by atoms with E-state index in [0.717, 1.165) is 21.4 Å². The Labute approximate surface area is 198 Å². The van der Waals surface area contributed by atoms with Gasteiger partial charge >= 0.3 is 5.97 Å². The van der Waals surface area contributed by atoms with Crippen molar-refractivity contribution in [1.82, 2.24) is 9.99 Å². The topological polar surface area (TPSA) is 93.5 Å². The van der Waals surface area contributed by atoms with Crippen molar-refractivity contribution in [2.75, 3.05) is 14.2 Å². The zero-order chi connectivity index (χ0) is 23.1. The molecule has 0 radical (unpaired) electrons. The lowest BCUT2D eigenvalue weighted by atomic mass is 9.96. The zero-order valence-corrected chi connectivity index (χ0v) is 19.4. The van der Waals surface area contributed by atoms with E-state index in [1.807, 2.05) is 41.4 Å². The molecule has 0 bridgehead atoms. The summed E-state index contributed by atoms with van der Waals surface area (Å²) in [6.07, 6.45) is 1.55. The minimum absolute atomic E-state index is 0.0253. The monoisotopic (exact) mass is 509 g/mol. The second kappa shape index (κ2) is 8.40. The van der Waals surface area contributed by atoms with Crippen molar-refractivity contribution in [2.45, 2.75) is 18.7 Å². The quantitative estimate of drug-likeness (QED) is 0.527.